The van der Waals surface area contributed by atoms with Gasteiger partial charge in [0.15, 0.2) is 44.0 Å². The molecule has 8 saturated heterocycles. The molecule has 13 rings (SSSR count). The van der Waals surface area contributed by atoms with E-state index in [4.69, 9.17) is 75.8 Å². The molecule has 115 heavy (non-hydrogen) atoms. The molecule has 39 heteroatoms. The monoisotopic (exact) mass is 1660 g/mol. The van der Waals surface area contributed by atoms with Crippen molar-refractivity contribution in [3.63, 3.8) is 0 Å². The van der Waals surface area contributed by atoms with E-state index in [1.165, 1.54) is 13.8 Å². The maximum atomic E-state index is 15.4. The predicted octanol–water partition coefficient (Wildman–Crippen LogP) is -7.41. The number of fused-ring (bicyclic) bond motifs is 7. The Morgan fingerprint density at radius 1 is 0.417 bits per heavy atom. The van der Waals surface area contributed by atoms with Crippen molar-refractivity contribution in [1.82, 2.24) is 0 Å². The van der Waals surface area contributed by atoms with Crippen molar-refractivity contribution >= 4 is 5.97 Å². The van der Waals surface area contributed by atoms with Crippen LogP contribution in [0.3, 0.4) is 0 Å². The number of rotatable bonds is 20. The second-order valence-electron chi connectivity index (χ2n) is 36.6. The van der Waals surface area contributed by atoms with Crippen LogP contribution >= 0.6 is 0 Å². The second-order valence-corrected chi connectivity index (χ2v) is 36.6. The molecule has 0 bridgehead atoms. The molecule has 4 saturated carbocycles. The number of hydrogen-bond donors (Lipinski definition) is 22. The summed E-state index contributed by atoms with van der Waals surface area (Å²) in [5.41, 5.74) is -1.78. The predicted molar refractivity (Wildman–Crippen MR) is 379 cm³/mol. The summed E-state index contributed by atoms with van der Waals surface area (Å²) in [6.07, 6.45) is -56.6. The maximum absolute atomic E-state index is 15.4. The highest BCUT2D eigenvalue weighted by molar-refractivity contribution is 5.79. The second kappa shape index (κ2) is 34.7. The van der Waals surface area contributed by atoms with Gasteiger partial charge in [-0.15, -0.1) is 0 Å². The fraction of sp³-hybridized carbons (Fsp3) is 0.961. The summed E-state index contributed by atoms with van der Waals surface area (Å²) < 4.78 is 94.8. The third-order valence-corrected chi connectivity index (χ3v) is 29.0. The minimum absolute atomic E-state index is 0.0422. The van der Waals surface area contributed by atoms with Gasteiger partial charge < -0.3 is 188 Å². The van der Waals surface area contributed by atoms with Gasteiger partial charge in [0, 0.05) is 0 Å². The van der Waals surface area contributed by atoms with Crippen LogP contribution in [0.4, 0.5) is 0 Å². The quantitative estimate of drug-likeness (QED) is 0.0306. The molecule has 0 radical (unpaired) electrons. The van der Waals surface area contributed by atoms with Crippen LogP contribution in [0, 0.1) is 50.2 Å². The minimum atomic E-state index is -2.02. The summed E-state index contributed by atoms with van der Waals surface area (Å²) in [6.45, 7) is 14.4. The zero-order chi connectivity index (χ0) is 83.7. The van der Waals surface area contributed by atoms with Gasteiger partial charge in [-0.05, 0) is 123 Å². The third kappa shape index (κ3) is 16.2. The summed E-state index contributed by atoms with van der Waals surface area (Å²) in [5, 5.41) is 241. The first-order valence-electron chi connectivity index (χ1n) is 40.4. The molecule has 0 unspecified atom stereocenters. The molecule has 0 spiro atoms. The first-order chi connectivity index (χ1) is 54.0. The maximum Gasteiger partial charge on any atom is 0.315 e. The Kier molecular flexibility index (Phi) is 27.3. The third-order valence-electron chi connectivity index (χ3n) is 29.0. The number of esters is 1. The molecular formula is C76H124O39. The molecule has 0 aromatic carbocycles. The Labute approximate surface area is 664 Å². The van der Waals surface area contributed by atoms with E-state index < -0.39 is 295 Å². The summed E-state index contributed by atoms with van der Waals surface area (Å²) >= 11 is 0. The first-order valence-corrected chi connectivity index (χ1v) is 40.4. The Morgan fingerprint density at radius 2 is 0.913 bits per heavy atom. The van der Waals surface area contributed by atoms with Crippen molar-refractivity contribution in [2.24, 2.45) is 50.2 Å². The van der Waals surface area contributed by atoms with Crippen LogP contribution in [0.2, 0.25) is 0 Å². The fourth-order valence-electron chi connectivity index (χ4n) is 21.6. The topological polar surface area (TPSA) is 610 Å². The molecule has 13 aliphatic rings. The summed E-state index contributed by atoms with van der Waals surface area (Å²) in [4.78, 5) is 15.4. The van der Waals surface area contributed by atoms with Crippen LogP contribution in [0.15, 0.2) is 11.6 Å². The lowest BCUT2D eigenvalue weighted by Crippen LogP contribution is -2.66. The van der Waals surface area contributed by atoms with Gasteiger partial charge in [0.1, 0.15) is 171 Å². The van der Waals surface area contributed by atoms with Gasteiger partial charge in [-0.2, -0.15) is 0 Å². The smallest absolute Gasteiger partial charge is 0.315 e. The highest BCUT2D eigenvalue weighted by Crippen LogP contribution is 2.76. The van der Waals surface area contributed by atoms with Crippen LogP contribution in [-0.2, 0) is 80.6 Å². The average molecular weight is 1660 g/mol. The molecule has 0 aromatic rings. The highest BCUT2D eigenvalue weighted by atomic mass is 16.8. The van der Waals surface area contributed by atoms with Crippen LogP contribution in [0.1, 0.15) is 127 Å². The molecule has 46 atom stereocenters. The summed E-state index contributed by atoms with van der Waals surface area (Å²) in [6, 6.07) is 0. The molecule has 0 amide bonds. The van der Waals surface area contributed by atoms with Crippen LogP contribution in [0.25, 0.3) is 0 Å². The number of carbonyl (C=O) groups is 1. The van der Waals surface area contributed by atoms with Gasteiger partial charge in [-0.3, -0.25) is 4.79 Å². The largest absolute Gasteiger partial charge is 0.432 e. The minimum Gasteiger partial charge on any atom is -0.432 e. The number of hydrogen-bond acceptors (Lipinski definition) is 39. The molecule has 22 N–H and O–H groups in total. The van der Waals surface area contributed by atoms with Gasteiger partial charge in [-0.25, -0.2) is 0 Å². The zero-order valence-electron chi connectivity index (χ0n) is 65.9. The molecule has 5 aliphatic carbocycles. The first kappa shape index (κ1) is 90.5. The van der Waals surface area contributed by atoms with Gasteiger partial charge >= 0.3 is 5.97 Å². The van der Waals surface area contributed by atoms with Crippen LogP contribution < -0.4 is 0 Å². The standard InChI is InChI=1S/C76H124O39/c1-27-40(81)46(87)52(93)64(103-27)111-58-33(22-78)106-62(55(96)49(58)90)101-25-35-44(85)48(89)54(95)67(109-35)115-70(99)76-18-16-71(3,4)20-30(76)29-10-11-38-73(7)14-13-39(72(5,6)37(73)12-15-75(38,9)74(29,8)17-19-76)110-69-61(42(83)31(80)24-100-69)114-68-57(98)60(41(82)28(2)104-68)113-63-51(92)45(86)36(26-102-63)108-65-56(97)50(91)59(34(23-79)107-65)112-66-53(94)47(88)43(84)32(21-77)105-66/h10,27-28,30-69,77-98H,11-26H2,1-9H3/t27-,28-,30-,31-,32+,33+,34+,35+,36+,37-,38+,39-,40-,41-,42-,43+,44+,45+,46+,47-,48-,49+,50+,51+,52+,53+,54+,55+,56+,57+,58+,59+,60+,61+,62+,63-,64-,65-,66-,67-,68-,69-,73-,74+,75+,76-/m0/s1. The average Bonchev–Trinajstić information content (AvgIpc) is 0.676. The van der Waals surface area contributed by atoms with Crippen molar-refractivity contribution in [3.8, 4) is 0 Å². The van der Waals surface area contributed by atoms with Crippen molar-refractivity contribution in [1.29, 1.82) is 0 Å². The SMILES string of the molecule is C[C@@H]1O[C@@H](O[C@H]2[C@H](O)[C@@H](O)[C@H](OC[C@H]3O[C@@H](OC(=O)[C@]45CCC(C)(C)C[C@H]4C4=CC[C@@H]6[C@@]7(C)CC[C@H](O[C@@H]8OC[C@H](O)[C@H](O)[C@H]8O[C@@H]8O[C@@H](C)[C@H](O)[C@@H](O[C@@H]9OC[C@@H](O[C@@H]%10O[C@H](CO)[C@@H](O[C@@H]%11O[C@H](CO)[C@@H](O)[C@H](O)[C@H]%11O)[C@H](O)[C@H]%10O)[C@@H](O)[C@H]9O)[C@H]8O)C(C)(C)[C@@H]7CC[C@@]6(C)[C@]4(C)CC5)[C@H](O)[C@@H](O)[C@@H]3O)O[C@@H]2CO)[C@H](O)[C@H](O)[C@H]1O. The van der Waals surface area contributed by atoms with Crippen LogP contribution in [-0.4, -0.2) is 397 Å². The number of aliphatic hydroxyl groups excluding tert-OH is 22. The zero-order valence-corrected chi connectivity index (χ0v) is 65.9. The number of aliphatic hydroxyl groups is 22. The van der Waals surface area contributed by atoms with E-state index in [0.717, 1.165) is 18.4 Å². The van der Waals surface area contributed by atoms with E-state index >= 15 is 4.79 Å². The van der Waals surface area contributed by atoms with Gasteiger partial charge in [-0.1, -0.05) is 60.1 Å². The molecule has 662 valence electrons. The lowest BCUT2D eigenvalue weighted by Gasteiger charge is -2.71. The van der Waals surface area contributed by atoms with E-state index in [1.807, 2.05) is 0 Å². The van der Waals surface area contributed by atoms with Crippen LogP contribution in [0.5, 0.6) is 0 Å². The van der Waals surface area contributed by atoms with Gasteiger partial charge in [0.25, 0.3) is 0 Å². The molecule has 39 nitrogen and oxygen atoms in total. The highest BCUT2D eigenvalue weighted by Gasteiger charge is 2.71. The van der Waals surface area contributed by atoms with E-state index in [-0.39, 0.29) is 40.6 Å². The van der Waals surface area contributed by atoms with E-state index in [1.54, 1.807) is 0 Å². The lowest BCUT2D eigenvalue weighted by atomic mass is 9.33. The lowest BCUT2D eigenvalue weighted by molar-refractivity contribution is -0.386. The Balaban J connectivity index is 0.639. The molecule has 12 fully saturated rings. The molecule has 8 aliphatic heterocycles. The van der Waals surface area contributed by atoms with Crippen molar-refractivity contribution < 1.29 is 193 Å². The van der Waals surface area contributed by atoms with Gasteiger partial charge in [0.2, 0.25) is 6.29 Å². The molecular weight excluding hydrogens is 1540 g/mol. The van der Waals surface area contributed by atoms with E-state index in [9.17, 15) is 112 Å². The van der Waals surface area contributed by atoms with Crippen molar-refractivity contribution in [2.45, 2.75) is 366 Å². The Bertz CT molecular complexity index is 3290. The van der Waals surface area contributed by atoms with Gasteiger partial charge in [0.05, 0.1) is 63.4 Å². The van der Waals surface area contributed by atoms with E-state index in [0.29, 0.717) is 51.4 Å². The number of carbonyl (C=O) groups excluding carboxylic acids is 1. The normalized spacial score (nSPS) is 54.6. The molecule has 0 aromatic heterocycles. The van der Waals surface area contributed by atoms with Crippen molar-refractivity contribution in [3.05, 3.63) is 11.6 Å². The fourth-order valence-corrected chi connectivity index (χ4v) is 21.6. The molecule has 8 heterocycles. The van der Waals surface area contributed by atoms with E-state index in [2.05, 4.69) is 54.5 Å². The Hall–Kier alpha value is -2.27. The summed E-state index contributed by atoms with van der Waals surface area (Å²) in [7, 11) is 0. The number of allylic oxidation sites excluding steroid dienone is 2. The Morgan fingerprint density at radius 3 is 1.55 bits per heavy atom. The van der Waals surface area contributed by atoms with Crippen molar-refractivity contribution in [2.75, 3.05) is 39.6 Å². The summed E-state index contributed by atoms with van der Waals surface area (Å²) in [5.74, 6) is -0.804. The number of ether oxygens (including phenoxy) is 16.